The highest BCUT2D eigenvalue weighted by atomic mass is 79.9. The van der Waals surface area contributed by atoms with Crippen LogP contribution in [-0.4, -0.2) is 156 Å². The number of carbonyl (C=O) groups excluding carboxylic acids is 7. The highest BCUT2D eigenvalue weighted by Gasteiger charge is 2.67. The van der Waals surface area contributed by atoms with Crippen LogP contribution in [0.1, 0.15) is 164 Å². The van der Waals surface area contributed by atoms with Crippen LogP contribution in [0.5, 0.6) is 5.75 Å². The number of aromatic nitrogens is 3. The topological polar surface area (TPSA) is 285 Å². The van der Waals surface area contributed by atoms with E-state index in [1.54, 1.807) is 29.2 Å². The Balaban J connectivity index is 0.783. The Labute approximate surface area is 489 Å². The number of aryl methyl sites for hydroxylation is 1. The molecule has 1 aromatic carbocycles. The molecule has 0 bridgehead atoms. The molecule has 452 valence electrons. The van der Waals surface area contributed by atoms with Crippen molar-refractivity contribution in [1.82, 2.24) is 35.6 Å². The zero-order valence-corrected chi connectivity index (χ0v) is 49.5. The minimum absolute atomic E-state index is 0.0292. The van der Waals surface area contributed by atoms with Gasteiger partial charge in [0.15, 0.2) is 11.6 Å². The number of carboxylic acids is 1. The maximum atomic E-state index is 14.4. The van der Waals surface area contributed by atoms with Gasteiger partial charge in [-0.1, -0.05) is 83.1 Å². The van der Waals surface area contributed by atoms with Crippen molar-refractivity contribution in [3.8, 4) is 5.75 Å². The molecule has 3 aliphatic rings. The number of nitrogens with one attached hydrogen (secondary N) is 4. The summed E-state index contributed by atoms with van der Waals surface area (Å²) in [5.41, 5.74) is 0.716. The number of hydrogen-bond donors (Lipinski definition) is 5. The number of anilines is 1. The number of carbonyl (C=O) groups is 8. The van der Waals surface area contributed by atoms with Gasteiger partial charge in [-0.25, -0.2) is 9.78 Å². The molecule has 3 aromatic rings. The summed E-state index contributed by atoms with van der Waals surface area (Å²) in [5, 5.41) is 25.1. The third kappa shape index (κ3) is 22.7. The molecule has 23 heteroatoms. The van der Waals surface area contributed by atoms with Crippen LogP contribution in [0.4, 0.5) is 10.6 Å². The van der Waals surface area contributed by atoms with E-state index in [-0.39, 0.29) is 112 Å². The average molecular weight is 1210 g/mol. The first-order chi connectivity index (χ1) is 39.6. The zero-order chi connectivity index (χ0) is 58.7. The van der Waals surface area contributed by atoms with E-state index in [0.29, 0.717) is 67.0 Å². The first-order valence-electron chi connectivity index (χ1n) is 29.5. The molecule has 3 heterocycles. The van der Waals surface area contributed by atoms with Crippen molar-refractivity contribution < 1.29 is 67.1 Å². The van der Waals surface area contributed by atoms with Gasteiger partial charge in [0.1, 0.15) is 47.7 Å². The Kier molecular flexibility index (Phi) is 27.6. The Morgan fingerprint density at radius 2 is 1.34 bits per heavy atom. The number of fused-ring (bicyclic) bond motifs is 2. The van der Waals surface area contributed by atoms with Gasteiger partial charge in [-0.05, 0) is 97.6 Å². The van der Waals surface area contributed by atoms with Gasteiger partial charge < -0.3 is 55.0 Å². The van der Waals surface area contributed by atoms with Crippen LogP contribution in [0.3, 0.4) is 0 Å². The molecule has 5 amide bonds. The van der Waals surface area contributed by atoms with E-state index < -0.39 is 35.3 Å². The SMILES string of the molecule is CC(=O)c1nn(CC(=O)N2[C@H](C(=O)Nc3nc(Br)ccc3C)C[C@@]3(CNC(=O)COCCOCCCC(=O)COCCOCCNC(=O)CCCCCCCCCCCCCCCCC(=O)O)C[C@@H]23)c2ccc(OC(=O)NC3CC3)cc12. The van der Waals surface area contributed by atoms with E-state index in [0.717, 1.165) is 56.9 Å². The van der Waals surface area contributed by atoms with Crippen LogP contribution in [0.25, 0.3) is 10.9 Å². The standard InChI is InChI=1S/C59H85BrN8O14/c1-41-21-26-50(60)64-56(41)65-57(76)48-35-59(36-49(59)68(48)53(73)37-67-47-25-24-45(82-58(77)63-43-22-23-43)34-46(47)55(66-67)42(2)69)40-62-52(72)39-81-33-30-78-28-17-18-44(70)38-80-32-31-79-29-27-61-51(71)19-15-13-11-9-7-5-3-4-6-8-10-12-14-16-20-54(74)75/h21,24-26,34,43,48-49H,3-20,22-23,27-33,35-40H2,1-2H3,(H,61,71)(H,62,72)(H,63,77)(H,74,75)(H,64,65,76)/t48-,49+,59-/m0/s1. The molecule has 5 N–H and O–H groups in total. The second kappa shape index (κ2) is 34.7. The molecule has 2 saturated carbocycles. The van der Waals surface area contributed by atoms with Crippen LogP contribution in [0.15, 0.2) is 34.9 Å². The van der Waals surface area contributed by atoms with Gasteiger partial charge >= 0.3 is 12.1 Å². The third-order valence-corrected chi connectivity index (χ3v) is 15.4. The highest BCUT2D eigenvalue weighted by molar-refractivity contribution is 9.10. The minimum Gasteiger partial charge on any atom is -0.481 e. The fourth-order valence-electron chi connectivity index (χ4n) is 10.2. The predicted octanol–water partition coefficient (Wildman–Crippen LogP) is 7.93. The van der Waals surface area contributed by atoms with E-state index in [2.05, 4.69) is 47.3 Å². The number of piperidine rings is 1. The lowest BCUT2D eigenvalue weighted by Crippen LogP contribution is -2.47. The van der Waals surface area contributed by atoms with Crippen molar-refractivity contribution in [1.29, 1.82) is 0 Å². The van der Waals surface area contributed by atoms with E-state index in [4.69, 9.17) is 28.8 Å². The quantitative estimate of drug-likeness (QED) is 0.0204. The summed E-state index contributed by atoms with van der Waals surface area (Å²) in [6.07, 6.45) is 19.6. The Morgan fingerprint density at radius 3 is 2.00 bits per heavy atom. The summed E-state index contributed by atoms with van der Waals surface area (Å²) in [5.74, 6) is -1.72. The maximum Gasteiger partial charge on any atom is 0.412 e. The fraction of sp³-hybridized carbons (Fsp3) is 0.661. The lowest BCUT2D eigenvalue weighted by molar-refractivity contribution is -0.138. The number of nitrogens with zero attached hydrogens (tertiary/aromatic N) is 4. The van der Waals surface area contributed by atoms with Gasteiger partial charge in [-0.2, -0.15) is 5.10 Å². The van der Waals surface area contributed by atoms with Gasteiger partial charge in [0.05, 0.1) is 38.6 Å². The molecule has 82 heavy (non-hydrogen) atoms. The van der Waals surface area contributed by atoms with Crippen LogP contribution in [-0.2, 0) is 54.3 Å². The molecule has 3 atom stereocenters. The number of amides is 5. The number of Topliss-reactive ketones (excluding diaryl/α,β-unsaturated/α-hetero) is 2. The largest absolute Gasteiger partial charge is 0.481 e. The summed E-state index contributed by atoms with van der Waals surface area (Å²) >= 11 is 3.36. The Hall–Kier alpha value is -5.88. The van der Waals surface area contributed by atoms with Crippen LogP contribution in [0, 0.1) is 12.3 Å². The fourth-order valence-corrected chi connectivity index (χ4v) is 10.5. The normalized spacial score (nSPS) is 17.1. The van der Waals surface area contributed by atoms with E-state index in [1.807, 2.05) is 13.0 Å². The van der Waals surface area contributed by atoms with Crippen molar-refractivity contribution in [3.05, 3.63) is 46.2 Å². The summed E-state index contributed by atoms with van der Waals surface area (Å²) in [4.78, 5) is 107. The smallest absolute Gasteiger partial charge is 0.412 e. The highest BCUT2D eigenvalue weighted by Crippen LogP contribution is 2.59. The van der Waals surface area contributed by atoms with Crippen molar-refractivity contribution in [3.63, 3.8) is 0 Å². The van der Waals surface area contributed by atoms with Gasteiger partial charge in [0, 0.05) is 68.8 Å². The molecule has 2 aromatic heterocycles. The van der Waals surface area contributed by atoms with Crippen molar-refractivity contribution in [2.75, 3.05) is 71.3 Å². The second-order valence-electron chi connectivity index (χ2n) is 21.9. The van der Waals surface area contributed by atoms with Crippen molar-refractivity contribution in [2.45, 2.75) is 180 Å². The van der Waals surface area contributed by atoms with Crippen LogP contribution >= 0.6 is 15.9 Å². The molecule has 22 nitrogen and oxygen atoms in total. The lowest BCUT2D eigenvalue weighted by Gasteiger charge is -2.27. The van der Waals surface area contributed by atoms with Gasteiger partial charge in [0.25, 0.3) is 0 Å². The summed E-state index contributed by atoms with van der Waals surface area (Å²) < 4.78 is 29.5. The molecule has 6 rings (SSSR count). The van der Waals surface area contributed by atoms with Crippen molar-refractivity contribution >= 4 is 79.9 Å². The molecular formula is C59H85BrN8O14. The summed E-state index contributed by atoms with van der Waals surface area (Å²) in [6.45, 7) is 4.89. The number of unbranched alkanes of at least 4 members (excludes halogenated alkanes) is 13. The number of rotatable bonds is 43. The summed E-state index contributed by atoms with van der Waals surface area (Å²) in [6, 6.07) is 7.13. The number of likely N-dealkylation sites (tertiary alicyclic amines) is 1. The molecule has 2 aliphatic carbocycles. The van der Waals surface area contributed by atoms with Gasteiger partial charge in [-0.3, -0.25) is 38.2 Å². The van der Waals surface area contributed by atoms with Crippen molar-refractivity contribution in [2.24, 2.45) is 5.41 Å². The Morgan fingerprint density at radius 1 is 0.707 bits per heavy atom. The first kappa shape index (κ1) is 65.3. The number of aliphatic carboxylic acids is 1. The monoisotopic (exact) mass is 1210 g/mol. The van der Waals surface area contributed by atoms with Gasteiger partial charge in [0.2, 0.25) is 23.6 Å². The number of carboxylic acid groups (broad SMARTS) is 1. The number of hydrogen-bond acceptors (Lipinski definition) is 15. The number of pyridine rings is 1. The predicted molar refractivity (Wildman–Crippen MR) is 308 cm³/mol. The maximum absolute atomic E-state index is 14.4. The molecular weight excluding hydrogens is 1120 g/mol. The number of halogens is 1. The average Bonchev–Trinajstić information content (AvgIpc) is 1.91. The molecule has 3 fully saturated rings. The van der Waals surface area contributed by atoms with Crippen LogP contribution in [0.2, 0.25) is 0 Å². The number of benzene rings is 1. The van der Waals surface area contributed by atoms with E-state index in [9.17, 15) is 38.4 Å². The molecule has 1 aliphatic heterocycles. The lowest BCUT2D eigenvalue weighted by atomic mass is 9.99. The van der Waals surface area contributed by atoms with E-state index >= 15 is 0 Å². The number of ether oxygens (including phenoxy) is 5. The molecule has 0 spiro atoms. The summed E-state index contributed by atoms with van der Waals surface area (Å²) in [7, 11) is 0. The van der Waals surface area contributed by atoms with Crippen LogP contribution < -0.4 is 26.0 Å². The van der Waals surface area contributed by atoms with Gasteiger partial charge in [-0.15, -0.1) is 0 Å². The zero-order valence-electron chi connectivity index (χ0n) is 47.9. The molecule has 0 unspecified atom stereocenters. The second-order valence-corrected chi connectivity index (χ2v) is 22.7. The van der Waals surface area contributed by atoms with E-state index in [1.165, 1.54) is 63.0 Å². The molecule has 1 saturated heterocycles. The first-order valence-corrected chi connectivity index (χ1v) is 30.2. The molecule has 0 radical (unpaired) electrons. The third-order valence-electron chi connectivity index (χ3n) is 15.0. The minimum atomic E-state index is -0.905. The number of ketones is 2. The Bertz CT molecular complexity index is 2610.